The molecule has 18 heavy (non-hydrogen) atoms. The van der Waals surface area contributed by atoms with Crippen molar-refractivity contribution in [2.45, 2.75) is 38.3 Å². The fraction of sp³-hybridized carbons (Fsp3) is 0.533. The van der Waals surface area contributed by atoms with E-state index in [1.54, 1.807) is 0 Å². The Bertz CT molecular complexity index is 419. The fourth-order valence-electron chi connectivity index (χ4n) is 2.42. The molecule has 96 valence electrons. The van der Waals surface area contributed by atoms with E-state index in [-0.39, 0.29) is 12.1 Å². The van der Waals surface area contributed by atoms with E-state index < -0.39 is 0 Å². The maximum absolute atomic E-state index is 9.32. The van der Waals surface area contributed by atoms with Gasteiger partial charge in [0.25, 0.3) is 0 Å². The highest BCUT2D eigenvalue weighted by atomic mass is 16.5. The third-order valence-electron chi connectivity index (χ3n) is 3.45. The molecule has 2 unspecified atom stereocenters. The number of aryl methyl sites for hydroxylation is 1. The molecule has 1 aromatic carbocycles. The van der Waals surface area contributed by atoms with Gasteiger partial charge in [-0.3, -0.25) is 5.32 Å². The van der Waals surface area contributed by atoms with Gasteiger partial charge < -0.3 is 4.74 Å². The number of ether oxygens (including phenoxy) is 1. The number of nitrogens with zero attached hydrogens (tertiary/aromatic N) is 1. The quantitative estimate of drug-likeness (QED) is 0.866. The lowest BCUT2D eigenvalue weighted by Crippen LogP contribution is -2.29. The Morgan fingerprint density at radius 2 is 2.33 bits per heavy atom. The maximum Gasteiger partial charge on any atom is 0.121 e. The van der Waals surface area contributed by atoms with Crippen molar-refractivity contribution in [2.75, 3.05) is 13.2 Å². The molecule has 3 nitrogen and oxygen atoms in total. The summed E-state index contributed by atoms with van der Waals surface area (Å²) in [5, 5.41) is 12.6. The molecule has 1 fully saturated rings. The molecule has 1 saturated heterocycles. The zero-order chi connectivity index (χ0) is 12.8. The lowest BCUT2D eigenvalue weighted by molar-refractivity contribution is 0.109. The number of nitriles is 1. The molecule has 1 aromatic rings. The monoisotopic (exact) mass is 244 g/mol. The van der Waals surface area contributed by atoms with Gasteiger partial charge in [0.2, 0.25) is 0 Å². The first-order valence-electron chi connectivity index (χ1n) is 6.67. The second-order valence-corrected chi connectivity index (χ2v) is 4.66. The van der Waals surface area contributed by atoms with Gasteiger partial charge in [0.05, 0.1) is 12.2 Å². The molecule has 0 aromatic heterocycles. The van der Waals surface area contributed by atoms with Crippen molar-refractivity contribution in [1.82, 2.24) is 5.32 Å². The van der Waals surface area contributed by atoms with Crippen LogP contribution in [0, 0.1) is 11.3 Å². The van der Waals surface area contributed by atoms with Crippen LogP contribution in [-0.4, -0.2) is 19.3 Å². The fourth-order valence-corrected chi connectivity index (χ4v) is 2.42. The van der Waals surface area contributed by atoms with Gasteiger partial charge in [0.15, 0.2) is 0 Å². The van der Waals surface area contributed by atoms with Gasteiger partial charge in [-0.1, -0.05) is 31.2 Å². The summed E-state index contributed by atoms with van der Waals surface area (Å²) in [7, 11) is 0. The first-order valence-corrected chi connectivity index (χ1v) is 6.67. The van der Waals surface area contributed by atoms with Crippen molar-refractivity contribution >= 4 is 0 Å². The summed E-state index contributed by atoms with van der Waals surface area (Å²) >= 11 is 0. The van der Waals surface area contributed by atoms with Crippen molar-refractivity contribution in [1.29, 1.82) is 5.26 Å². The van der Waals surface area contributed by atoms with Crippen LogP contribution in [0.3, 0.4) is 0 Å². The number of rotatable bonds is 5. The van der Waals surface area contributed by atoms with Crippen LogP contribution in [0.1, 0.15) is 36.9 Å². The lowest BCUT2D eigenvalue weighted by Gasteiger charge is -2.17. The Kier molecular flexibility index (Phi) is 4.74. The minimum atomic E-state index is -0.231. The van der Waals surface area contributed by atoms with E-state index in [1.807, 2.05) is 18.2 Å². The average molecular weight is 244 g/mol. The van der Waals surface area contributed by atoms with E-state index in [4.69, 9.17) is 4.74 Å². The summed E-state index contributed by atoms with van der Waals surface area (Å²) in [4.78, 5) is 0. The van der Waals surface area contributed by atoms with Crippen LogP contribution in [0.4, 0.5) is 0 Å². The molecular formula is C15H20N2O. The topological polar surface area (TPSA) is 45.0 Å². The molecule has 1 aliphatic rings. The summed E-state index contributed by atoms with van der Waals surface area (Å²) < 4.78 is 5.57. The van der Waals surface area contributed by atoms with E-state index in [0.29, 0.717) is 0 Å². The number of hydrogen-bond donors (Lipinski definition) is 1. The molecule has 0 amide bonds. The van der Waals surface area contributed by atoms with Crippen molar-refractivity contribution in [3.05, 3.63) is 35.4 Å². The van der Waals surface area contributed by atoms with Crippen LogP contribution in [-0.2, 0) is 11.2 Å². The molecule has 2 rings (SSSR count). The second kappa shape index (κ2) is 6.53. The van der Waals surface area contributed by atoms with Crippen molar-refractivity contribution in [3.8, 4) is 6.07 Å². The predicted molar refractivity (Wildman–Crippen MR) is 71.2 cm³/mol. The molecule has 1 heterocycles. The Morgan fingerprint density at radius 3 is 3.00 bits per heavy atom. The first kappa shape index (κ1) is 13.1. The molecule has 1 aliphatic heterocycles. The Labute approximate surface area is 109 Å². The summed E-state index contributed by atoms with van der Waals surface area (Å²) in [6.45, 7) is 3.73. The molecule has 0 saturated carbocycles. The normalized spacial score (nSPS) is 20.6. The highest BCUT2D eigenvalue weighted by Gasteiger charge is 2.19. The number of benzene rings is 1. The molecule has 0 bridgehead atoms. The van der Waals surface area contributed by atoms with Crippen LogP contribution in [0.5, 0.6) is 0 Å². The predicted octanol–water partition coefficient (Wildman–Crippen LogP) is 2.58. The summed E-state index contributed by atoms with van der Waals surface area (Å²) in [6.07, 6.45) is 3.46. The zero-order valence-corrected chi connectivity index (χ0v) is 10.9. The molecule has 1 N–H and O–H groups in total. The van der Waals surface area contributed by atoms with Gasteiger partial charge in [-0.15, -0.1) is 0 Å². The Balaban J connectivity index is 2.01. The lowest BCUT2D eigenvalue weighted by atomic mass is 9.99. The van der Waals surface area contributed by atoms with Gasteiger partial charge in [-0.2, -0.15) is 5.26 Å². The molecular weight excluding hydrogens is 224 g/mol. The van der Waals surface area contributed by atoms with Crippen LogP contribution in [0.25, 0.3) is 0 Å². The summed E-state index contributed by atoms with van der Waals surface area (Å²) in [5.74, 6) is 0. The first-order chi connectivity index (χ1) is 8.85. The number of nitrogens with one attached hydrogen (secondary N) is 1. The molecule has 0 spiro atoms. The van der Waals surface area contributed by atoms with E-state index in [0.717, 1.165) is 38.0 Å². The molecule has 3 heteroatoms. The minimum Gasteiger partial charge on any atom is -0.377 e. The van der Waals surface area contributed by atoms with Crippen molar-refractivity contribution in [2.24, 2.45) is 0 Å². The SMILES string of the molecule is CCc1ccccc1C(C#N)NCC1CCCO1. The van der Waals surface area contributed by atoms with Crippen LogP contribution >= 0.6 is 0 Å². The number of hydrogen-bond acceptors (Lipinski definition) is 3. The van der Waals surface area contributed by atoms with Gasteiger partial charge >= 0.3 is 0 Å². The van der Waals surface area contributed by atoms with Gasteiger partial charge in [-0.05, 0) is 30.4 Å². The van der Waals surface area contributed by atoms with Gasteiger partial charge in [0.1, 0.15) is 6.04 Å². The molecule has 2 atom stereocenters. The second-order valence-electron chi connectivity index (χ2n) is 4.66. The standard InChI is InChI=1S/C15H20N2O/c1-2-12-6-3-4-8-14(12)15(10-16)17-11-13-7-5-9-18-13/h3-4,6,8,13,15,17H,2,5,7,9,11H2,1H3. The largest absolute Gasteiger partial charge is 0.377 e. The van der Waals surface area contributed by atoms with Crippen LogP contribution in [0.15, 0.2) is 24.3 Å². The van der Waals surface area contributed by atoms with Gasteiger partial charge in [0, 0.05) is 13.2 Å². The Morgan fingerprint density at radius 1 is 1.50 bits per heavy atom. The minimum absolute atomic E-state index is 0.231. The third-order valence-corrected chi connectivity index (χ3v) is 3.45. The van der Waals surface area contributed by atoms with Crippen molar-refractivity contribution < 1.29 is 4.74 Å². The van der Waals surface area contributed by atoms with E-state index in [9.17, 15) is 5.26 Å². The highest BCUT2D eigenvalue weighted by molar-refractivity contribution is 5.33. The summed E-state index contributed by atoms with van der Waals surface area (Å²) in [5.41, 5.74) is 2.34. The molecule has 0 radical (unpaired) electrons. The van der Waals surface area contributed by atoms with Crippen molar-refractivity contribution in [3.63, 3.8) is 0 Å². The van der Waals surface area contributed by atoms with E-state index >= 15 is 0 Å². The third kappa shape index (κ3) is 3.10. The smallest absolute Gasteiger partial charge is 0.121 e. The molecule has 0 aliphatic carbocycles. The average Bonchev–Trinajstić information content (AvgIpc) is 2.93. The maximum atomic E-state index is 9.32. The van der Waals surface area contributed by atoms with Crippen LogP contribution in [0.2, 0.25) is 0 Å². The van der Waals surface area contributed by atoms with E-state index in [1.165, 1.54) is 5.56 Å². The highest BCUT2D eigenvalue weighted by Crippen LogP contribution is 2.19. The Hall–Kier alpha value is -1.37. The van der Waals surface area contributed by atoms with E-state index in [2.05, 4.69) is 24.4 Å². The van der Waals surface area contributed by atoms with Crippen LogP contribution < -0.4 is 5.32 Å². The van der Waals surface area contributed by atoms with Gasteiger partial charge in [-0.25, -0.2) is 0 Å². The zero-order valence-electron chi connectivity index (χ0n) is 10.9. The summed E-state index contributed by atoms with van der Waals surface area (Å²) in [6, 6.07) is 10.3.